The zero-order chi connectivity index (χ0) is 18.4. The van der Waals surface area contributed by atoms with Crippen LogP contribution in [0.5, 0.6) is 0 Å². The molecule has 25 heavy (non-hydrogen) atoms. The number of anilines is 2. The minimum atomic E-state index is -0.510. The van der Waals surface area contributed by atoms with E-state index in [0.717, 1.165) is 4.90 Å². The molecule has 0 aliphatic carbocycles. The van der Waals surface area contributed by atoms with Gasteiger partial charge in [0.1, 0.15) is 0 Å². The van der Waals surface area contributed by atoms with Crippen molar-refractivity contribution in [1.29, 1.82) is 0 Å². The first kappa shape index (κ1) is 18.5. The fourth-order valence-corrected chi connectivity index (χ4v) is 2.91. The van der Waals surface area contributed by atoms with Crippen LogP contribution in [0.3, 0.4) is 0 Å². The molecule has 0 saturated carbocycles. The molecule has 0 aliphatic rings. The van der Waals surface area contributed by atoms with Gasteiger partial charge in [0.15, 0.2) is 0 Å². The summed E-state index contributed by atoms with van der Waals surface area (Å²) in [5.41, 5.74) is 6.88. The van der Waals surface area contributed by atoms with Crippen LogP contribution >= 0.6 is 11.8 Å². The lowest BCUT2D eigenvalue weighted by Gasteiger charge is -2.12. The summed E-state index contributed by atoms with van der Waals surface area (Å²) in [6, 6.07) is 13.7. The third-order valence-electron chi connectivity index (χ3n) is 3.29. The maximum atomic E-state index is 12.3. The van der Waals surface area contributed by atoms with Gasteiger partial charge in [-0.1, -0.05) is 0 Å². The number of amides is 3. The number of nitrogens with one attached hydrogen (secondary N) is 2. The lowest BCUT2D eigenvalue weighted by molar-refractivity contribution is -0.115. The summed E-state index contributed by atoms with van der Waals surface area (Å²) in [6.07, 6.45) is 0. The summed E-state index contributed by atoms with van der Waals surface area (Å²) in [4.78, 5) is 35.2. The van der Waals surface area contributed by atoms with Gasteiger partial charge in [-0.25, -0.2) is 0 Å². The number of nitrogens with two attached hydrogens (primary N) is 1. The monoisotopic (exact) mass is 357 g/mol. The van der Waals surface area contributed by atoms with Crippen LogP contribution in [-0.4, -0.2) is 23.0 Å². The Morgan fingerprint density at radius 3 is 1.96 bits per heavy atom. The first-order chi connectivity index (χ1) is 11.8. The van der Waals surface area contributed by atoms with E-state index >= 15 is 0 Å². The Balaban J connectivity index is 1.93. The highest BCUT2D eigenvalue weighted by atomic mass is 32.2. The van der Waals surface area contributed by atoms with Gasteiger partial charge in [-0.15, -0.1) is 11.8 Å². The summed E-state index contributed by atoms with van der Waals surface area (Å²) in [5.74, 6) is -0.789. The predicted octanol–water partition coefficient (Wildman–Crippen LogP) is 2.86. The molecular formula is C18H19N3O3S. The smallest absolute Gasteiger partial charge is 0.248 e. The summed E-state index contributed by atoms with van der Waals surface area (Å²) >= 11 is 1.41. The van der Waals surface area contributed by atoms with Crippen LogP contribution in [0.4, 0.5) is 11.4 Å². The summed E-state index contributed by atoms with van der Waals surface area (Å²) < 4.78 is 0. The van der Waals surface area contributed by atoms with Gasteiger partial charge in [0, 0.05) is 28.8 Å². The second-order valence-electron chi connectivity index (χ2n) is 5.40. The van der Waals surface area contributed by atoms with E-state index < -0.39 is 5.91 Å². The van der Waals surface area contributed by atoms with Crippen molar-refractivity contribution in [2.45, 2.75) is 24.0 Å². The van der Waals surface area contributed by atoms with Crippen LogP contribution in [0.1, 0.15) is 24.2 Å². The van der Waals surface area contributed by atoms with Gasteiger partial charge >= 0.3 is 0 Å². The highest BCUT2D eigenvalue weighted by molar-refractivity contribution is 8.00. The number of carbonyl (C=O) groups excluding carboxylic acids is 3. The van der Waals surface area contributed by atoms with Crippen molar-refractivity contribution in [3.63, 3.8) is 0 Å². The molecule has 0 bridgehead atoms. The molecule has 6 nitrogen and oxygen atoms in total. The number of thioether (sulfide) groups is 1. The summed E-state index contributed by atoms with van der Waals surface area (Å²) in [5, 5.41) is 5.17. The molecule has 130 valence electrons. The van der Waals surface area contributed by atoms with E-state index in [4.69, 9.17) is 5.73 Å². The number of rotatable bonds is 6. The molecule has 0 aromatic heterocycles. The van der Waals surface area contributed by atoms with Gasteiger partial charge in [-0.3, -0.25) is 14.4 Å². The van der Waals surface area contributed by atoms with E-state index in [1.807, 2.05) is 12.1 Å². The number of hydrogen-bond acceptors (Lipinski definition) is 4. The van der Waals surface area contributed by atoms with Gasteiger partial charge in [0.2, 0.25) is 17.7 Å². The zero-order valence-corrected chi connectivity index (χ0v) is 14.7. The fraction of sp³-hybridized carbons (Fsp3) is 0.167. The second kappa shape index (κ2) is 8.34. The minimum absolute atomic E-state index is 0.129. The molecule has 0 aliphatic heterocycles. The quantitative estimate of drug-likeness (QED) is 0.692. The van der Waals surface area contributed by atoms with Crippen LogP contribution in [-0.2, 0) is 9.59 Å². The molecule has 1 atom stereocenters. The standard InChI is InChI=1S/C18H19N3O3S/c1-11(25-16-9-7-14(8-10-16)20-12(2)22)18(24)21-15-5-3-13(4-6-15)17(19)23/h3-11H,1-2H3,(H2,19,23)(H,20,22)(H,21,24)/t11-/m0/s1. The molecule has 0 unspecified atom stereocenters. The molecule has 2 aromatic carbocycles. The van der Waals surface area contributed by atoms with Crippen LogP contribution in [0.15, 0.2) is 53.4 Å². The molecule has 4 N–H and O–H groups in total. The Labute approximate surface area is 150 Å². The Morgan fingerprint density at radius 2 is 1.44 bits per heavy atom. The summed E-state index contributed by atoms with van der Waals surface area (Å²) in [6.45, 7) is 3.25. The molecule has 0 saturated heterocycles. The van der Waals surface area contributed by atoms with Crippen LogP contribution in [0.25, 0.3) is 0 Å². The van der Waals surface area contributed by atoms with E-state index in [2.05, 4.69) is 10.6 Å². The maximum Gasteiger partial charge on any atom is 0.248 e. The van der Waals surface area contributed by atoms with E-state index in [9.17, 15) is 14.4 Å². The van der Waals surface area contributed by atoms with Gasteiger partial charge in [-0.05, 0) is 55.5 Å². The van der Waals surface area contributed by atoms with Gasteiger partial charge in [-0.2, -0.15) is 0 Å². The Kier molecular flexibility index (Phi) is 6.19. The van der Waals surface area contributed by atoms with Crippen molar-refractivity contribution in [3.05, 3.63) is 54.1 Å². The zero-order valence-electron chi connectivity index (χ0n) is 13.9. The van der Waals surface area contributed by atoms with Gasteiger partial charge in [0.25, 0.3) is 0 Å². The molecule has 7 heteroatoms. The van der Waals surface area contributed by atoms with Crippen molar-refractivity contribution in [3.8, 4) is 0 Å². The molecular weight excluding hydrogens is 338 g/mol. The maximum absolute atomic E-state index is 12.3. The lowest BCUT2D eigenvalue weighted by atomic mass is 10.2. The van der Waals surface area contributed by atoms with Crippen molar-refractivity contribution in [2.75, 3.05) is 10.6 Å². The van der Waals surface area contributed by atoms with Crippen molar-refractivity contribution in [1.82, 2.24) is 0 Å². The first-order valence-corrected chi connectivity index (χ1v) is 8.48. The fourth-order valence-electron chi connectivity index (χ4n) is 2.04. The molecule has 0 radical (unpaired) electrons. The lowest BCUT2D eigenvalue weighted by Crippen LogP contribution is -2.22. The Morgan fingerprint density at radius 1 is 0.920 bits per heavy atom. The first-order valence-electron chi connectivity index (χ1n) is 7.60. The average molecular weight is 357 g/mol. The number of benzene rings is 2. The largest absolute Gasteiger partial charge is 0.366 e. The average Bonchev–Trinajstić information content (AvgIpc) is 2.56. The molecule has 2 aromatic rings. The van der Waals surface area contributed by atoms with E-state index in [0.29, 0.717) is 16.9 Å². The molecule has 3 amide bonds. The Bertz CT molecular complexity index is 773. The highest BCUT2D eigenvalue weighted by Gasteiger charge is 2.15. The van der Waals surface area contributed by atoms with Crippen LogP contribution < -0.4 is 16.4 Å². The van der Waals surface area contributed by atoms with E-state index in [-0.39, 0.29) is 17.1 Å². The van der Waals surface area contributed by atoms with Crippen molar-refractivity contribution >= 4 is 40.9 Å². The highest BCUT2D eigenvalue weighted by Crippen LogP contribution is 2.25. The Hall–Kier alpha value is -2.80. The van der Waals surface area contributed by atoms with E-state index in [1.165, 1.54) is 18.7 Å². The number of hydrogen-bond donors (Lipinski definition) is 3. The molecule has 0 heterocycles. The van der Waals surface area contributed by atoms with E-state index in [1.54, 1.807) is 43.3 Å². The normalized spacial score (nSPS) is 11.4. The summed E-state index contributed by atoms with van der Waals surface area (Å²) in [7, 11) is 0. The van der Waals surface area contributed by atoms with Gasteiger partial charge < -0.3 is 16.4 Å². The van der Waals surface area contributed by atoms with Crippen LogP contribution in [0, 0.1) is 0 Å². The SMILES string of the molecule is CC(=O)Nc1ccc(S[C@@H](C)C(=O)Nc2ccc(C(N)=O)cc2)cc1. The minimum Gasteiger partial charge on any atom is -0.366 e. The third-order valence-corrected chi connectivity index (χ3v) is 4.41. The van der Waals surface area contributed by atoms with Gasteiger partial charge in [0.05, 0.1) is 5.25 Å². The second-order valence-corrected chi connectivity index (χ2v) is 6.81. The molecule has 0 fully saturated rings. The third kappa shape index (κ3) is 5.65. The predicted molar refractivity (Wildman–Crippen MR) is 99.7 cm³/mol. The number of carbonyl (C=O) groups is 3. The molecule has 2 rings (SSSR count). The van der Waals surface area contributed by atoms with Crippen molar-refractivity contribution < 1.29 is 14.4 Å². The van der Waals surface area contributed by atoms with Crippen molar-refractivity contribution in [2.24, 2.45) is 5.73 Å². The number of primary amides is 1. The van der Waals surface area contributed by atoms with Crippen LogP contribution in [0.2, 0.25) is 0 Å². The molecule has 0 spiro atoms. The topological polar surface area (TPSA) is 101 Å².